The van der Waals surface area contributed by atoms with Crippen LogP contribution in [0.1, 0.15) is 12.5 Å². The van der Waals surface area contributed by atoms with Crippen LogP contribution in [0.15, 0.2) is 18.2 Å². The van der Waals surface area contributed by atoms with Gasteiger partial charge in [-0.1, -0.05) is 6.07 Å². The normalized spacial score (nSPS) is 12.0. The van der Waals surface area contributed by atoms with Crippen molar-refractivity contribution in [3.05, 3.63) is 29.6 Å². The lowest BCUT2D eigenvalue weighted by atomic mass is 10.2. The van der Waals surface area contributed by atoms with Crippen LogP contribution in [0.25, 0.3) is 0 Å². The van der Waals surface area contributed by atoms with Crippen LogP contribution in [0.3, 0.4) is 0 Å². The van der Waals surface area contributed by atoms with E-state index in [1.165, 1.54) is 19.2 Å². The van der Waals surface area contributed by atoms with Gasteiger partial charge in [-0.05, 0) is 24.6 Å². The summed E-state index contributed by atoms with van der Waals surface area (Å²) in [5, 5.41) is 5.57. The number of methoxy groups -OCH3 is 1. The van der Waals surface area contributed by atoms with Crippen molar-refractivity contribution < 1.29 is 18.7 Å². The molecule has 2 N–H and O–H groups in total. The van der Waals surface area contributed by atoms with E-state index in [0.717, 1.165) is 5.56 Å². The predicted octanol–water partition coefficient (Wildman–Crippen LogP) is 1.07. The molecule has 0 aliphatic carbocycles. The number of hydrogen-bond donors (Lipinski definition) is 2. The molecule has 0 aliphatic heterocycles. The summed E-state index contributed by atoms with van der Waals surface area (Å²) >= 11 is 0. The summed E-state index contributed by atoms with van der Waals surface area (Å²) in [6.45, 7) is 3.42. The summed E-state index contributed by atoms with van der Waals surface area (Å²) in [5.74, 6) is -0.705. The highest BCUT2D eigenvalue weighted by Crippen LogP contribution is 2.19. The Morgan fingerprint density at radius 3 is 2.80 bits per heavy atom. The number of nitrogens with one attached hydrogen (secondary N) is 2. The predicted molar refractivity (Wildman–Crippen MR) is 74.1 cm³/mol. The smallest absolute Gasteiger partial charge is 0.260 e. The molecule has 20 heavy (non-hydrogen) atoms. The monoisotopic (exact) mass is 284 g/mol. The van der Waals surface area contributed by atoms with E-state index in [9.17, 15) is 9.18 Å². The van der Waals surface area contributed by atoms with Crippen LogP contribution in [0.4, 0.5) is 4.39 Å². The maximum absolute atomic E-state index is 13.8. The third-order valence-corrected chi connectivity index (χ3v) is 2.73. The molecular formula is C14H21FN2O3. The Kier molecular flexibility index (Phi) is 6.97. The van der Waals surface area contributed by atoms with Crippen molar-refractivity contribution in [2.24, 2.45) is 0 Å². The molecule has 1 atom stereocenters. The van der Waals surface area contributed by atoms with E-state index in [-0.39, 0.29) is 11.7 Å². The van der Waals surface area contributed by atoms with Crippen molar-refractivity contribution >= 4 is 5.91 Å². The molecule has 0 saturated carbocycles. The van der Waals surface area contributed by atoms with Crippen LogP contribution in [0.5, 0.6) is 5.75 Å². The summed E-state index contributed by atoms with van der Waals surface area (Å²) < 4.78 is 24.0. The molecule has 0 aromatic heterocycles. The molecular weight excluding hydrogens is 263 g/mol. The number of benzene rings is 1. The molecule has 0 bridgehead atoms. The summed E-state index contributed by atoms with van der Waals surface area (Å²) in [6, 6.07) is 4.68. The largest absolute Gasteiger partial charge is 0.478 e. The average Bonchev–Trinajstić information content (AvgIpc) is 2.45. The molecule has 6 heteroatoms. The maximum atomic E-state index is 13.8. The number of rotatable bonds is 8. The van der Waals surface area contributed by atoms with Gasteiger partial charge in [-0.25, -0.2) is 4.39 Å². The van der Waals surface area contributed by atoms with Gasteiger partial charge < -0.3 is 20.1 Å². The molecule has 0 heterocycles. The van der Waals surface area contributed by atoms with Crippen LogP contribution in [-0.2, 0) is 16.1 Å². The summed E-state index contributed by atoms with van der Waals surface area (Å²) in [7, 11) is 3.13. The van der Waals surface area contributed by atoms with E-state index < -0.39 is 11.9 Å². The zero-order valence-electron chi connectivity index (χ0n) is 12.0. The fraction of sp³-hybridized carbons (Fsp3) is 0.500. The van der Waals surface area contributed by atoms with E-state index in [1.807, 2.05) is 0 Å². The maximum Gasteiger partial charge on any atom is 0.260 e. The van der Waals surface area contributed by atoms with Gasteiger partial charge in [0.05, 0.1) is 6.61 Å². The van der Waals surface area contributed by atoms with Gasteiger partial charge in [0.1, 0.15) is 0 Å². The minimum atomic E-state index is -0.736. The lowest BCUT2D eigenvalue weighted by Gasteiger charge is -2.14. The minimum absolute atomic E-state index is 0.0711. The minimum Gasteiger partial charge on any atom is -0.478 e. The SMILES string of the molecule is CNC(=O)C(C)Oc1ccc(CNCCOC)cc1F. The topological polar surface area (TPSA) is 59.6 Å². The van der Waals surface area contributed by atoms with Crippen LogP contribution >= 0.6 is 0 Å². The van der Waals surface area contributed by atoms with Gasteiger partial charge in [0, 0.05) is 27.2 Å². The van der Waals surface area contributed by atoms with Gasteiger partial charge in [0.15, 0.2) is 17.7 Å². The first-order valence-electron chi connectivity index (χ1n) is 6.44. The second-order valence-corrected chi connectivity index (χ2v) is 4.31. The van der Waals surface area contributed by atoms with Crippen molar-refractivity contribution in [2.45, 2.75) is 19.6 Å². The van der Waals surface area contributed by atoms with Crippen molar-refractivity contribution in [3.63, 3.8) is 0 Å². The van der Waals surface area contributed by atoms with Gasteiger partial charge in [-0.2, -0.15) is 0 Å². The second-order valence-electron chi connectivity index (χ2n) is 4.31. The molecule has 5 nitrogen and oxygen atoms in total. The van der Waals surface area contributed by atoms with E-state index in [0.29, 0.717) is 19.7 Å². The second kappa shape index (κ2) is 8.50. The molecule has 1 aromatic rings. The lowest BCUT2D eigenvalue weighted by Crippen LogP contribution is -2.33. The first-order valence-corrected chi connectivity index (χ1v) is 6.44. The first-order chi connectivity index (χ1) is 9.58. The van der Waals surface area contributed by atoms with Crippen LogP contribution in [-0.4, -0.2) is 39.3 Å². The third-order valence-electron chi connectivity index (χ3n) is 2.73. The Hall–Kier alpha value is -1.66. The number of hydrogen-bond acceptors (Lipinski definition) is 4. The summed E-state index contributed by atoms with van der Waals surface area (Å²) in [6.07, 6.45) is -0.736. The highest BCUT2D eigenvalue weighted by molar-refractivity contribution is 5.80. The van der Waals surface area contributed by atoms with E-state index in [1.54, 1.807) is 20.1 Å². The van der Waals surface area contributed by atoms with Crippen molar-refractivity contribution in [1.29, 1.82) is 0 Å². The van der Waals surface area contributed by atoms with Crippen molar-refractivity contribution in [2.75, 3.05) is 27.3 Å². The molecule has 0 saturated heterocycles. The van der Waals surface area contributed by atoms with Gasteiger partial charge in [-0.3, -0.25) is 4.79 Å². The molecule has 0 radical (unpaired) electrons. The van der Waals surface area contributed by atoms with Crippen LogP contribution in [0.2, 0.25) is 0 Å². The average molecular weight is 284 g/mol. The quantitative estimate of drug-likeness (QED) is 0.701. The number of ether oxygens (including phenoxy) is 2. The molecule has 112 valence electrons. The summed E-state index contributed by atoms with van der Waals surface area (Å²) in [5.41, 5.74) is 0.804. The van der Waals surface area contributed by atoms with Gasteiger partial charge in [-0.15, -0.1) is 0 Å². The molecule has 1 rings (SSSR count). The van der Waals surface area contributed by atoms with E-state index in [2.05, 4.69) is 10.6 Å². The Morgan fingerprint density at radius 2 is 2.20 bits per heavy atom. The molecule has 0 fully saturated rings. The Labute approximate surface area is 118 Å². The number of carbonyl (C=O) groups excluding carboxylic acids is 1. The lowest BCUT2D eigenvalue weighted by molar-refractivity contribution is -0.126. The zero-order chi connectivity index (χ0) is 15.0. The molecule has 1 amide bonds. The van der Waals surface area contributed by atoms with Crippen LogP contribution in [0, 0.1) is 5.82 Å². The fourth-order valence-electron chi connectivity index (χ4n) is 1.60. The standard InChI is InChI=1S/C14H21FN2O3/c1-10(14(18)16-2)20-13-5-4-11(8-12(13)15)9-17-6-7-19-3/h4-5,8,10,17H,6-7,9H2,1-3H3,(H,16,18). The fourth-order valence-corrected chi connectivity index (χ4v) is 1.60. The van der Waals surface area contributed by atoms with Crippen LogP contribution < -0.4 is 15.4 Å². The first kappa shape index (κ1) is 16.4. The number of amides is 1. The van der Waals surface area contributed by atoms with E-state index in [4.69, 9.17) is 9.47 Å². The zero-order valence-corrected chi connectivity index (χ0v) is 12.0. The molecule has 0 spiro atoms. The van der Waals surface area contributed by atoms with Gasteiger partial charge in [0.2, 0.25) is 0 Å². The van der Waals surface area contributed by atoms with Crippen molar-refractivity contribution in [3.8, 4) is 5.75 Å². The Bertz CT molecular complexity index is 440. The Balaban J connectivity index is 2.57. The molecule has 0 aliphatic rings. The summed E-state index contributed by atoms with van der Waals surface area (Å²) in [4.78, 5) is 11.3. The van der Waals surface area contributed by atoms with Gasteiger partial charge in [0.25, 0.3) is 5.91 Å². The Morgan fingerprint density at radius 1 is 1.45 bits per heavy atom. The van der Waals surface area contributed by atoms with Gasteiger partial charge >= 0.3 is 0 Å². The van der Waals surface area contributed by atoms with E-state index >= 15 is 0 Å². The highest BCUT2D eigenvalue weighted by atomic mass is 19.1. The number of likely N-dealkylation sites (N-methyl/N-ethyl adjacent to an activating group) is 1. The number of halogens is 1. The number of carbonyl (C=O) groups is 1. The highest BCUT2D eigenvalue weighted by Gasteiger charge is 2.15. The van der Waals surface area contributed by atoms with Crippen molar-refractivity contribution in [1.82, 2.24) is 10.6 Å². The molecule has 1 unspecified atom stereocenters. The third kappa shape index (κ3) is 5.14. The molecule has 1 aromatic carbocycles.